The normalized spacial score (nSPS) is 12.4. The number of hydrogen-bond acceptors (Lipinski definition) is 4. The molecule has 0 amide bonds. The van der Waals surface area contributed by atoms with E-state index in [1.165, 1.54) is 4.57 Å². The summed E-state index contributed by atoms with van der Waals surface area (Å²) < 4.78 is 4.25. The van der Waals surface area contributed by atoms with Gasteiger partial charge in [0.15, 0.2) is 0 Å². The number of aromatic nitrogens is 2. The molecule has 3 heterocycles. The fourth-order valence-corrected chi connectivity index (χ4v) is 4.60. The van der Waals surface area contributed by atoms with Gasteiger partial charge in [0.25, 0.3) is 5.56 Å². The third-order valence-corrected chi connectivity index (χ3v) is 5.93. The summed E-state index contributed by atoms with van der Waals surface area (Å²) in [5.74, 6) is 0. The third-order valence-electron chi connectivity index (χ3n) is 5.05. The van der Waals surface area contributed by atoms with Gasteiger partial charge in [-0.05, 0) is 37.7 Å². The van der Waals surface area contributed by atoms with Gasteiger partial charge in [0.2, 0.25) is 0 Å². The highest BCUT2D eigenvalue weighted by molar-refractivity contribution is 7.17. The van der Waals surface area contributed by atoms with E-state index < -0.39 is 0 Å². The van der Waals surface area contributed by atoms with E-state index in [1.807, 2.05) is 42.6 Å². The number of benzene rings is 2. The molecule has 0 saturated heterocycles. The van der Waals surface area contributed by atoms with Crippen molar-refractivity contribution in [2.45, 2.75) is 6.54 Å². The highest BCUT2D eigenvalue weighted by atomic mass is 32.1. The molecule has 5 nitrogen and oxygen atoms in total. The molecule has 0 radical (unpaired) electrons. The van der Waals surface area contributed by atoms with Crippen molar-refractivity contribution in [3.05, 3.63) is 62.6 Å². The van der Waals surface area contributed by atoms with E-state index in [9.17, 15) is 9.59 Å². The Morgan fingerprint density at radius 3 is 2.46 bits per heavy atom. The molecule has 0 aliphatic rings. The first-order valence-electron chi connectivity index (χ1n) is 8.52. The summed E-state index contributed by atoms with van der Waals surface area (Å²) in [4.78, 5) is 28.3. The smallest absolute Gasteiger partial charge is 0.308 e. The van der Waals surface area contributed by atoms with Crippen LogP contribution in [0.1, 0.15) is 0 Å². The van der Waals surface area contributed by atoms with Crippen LogP contribution in [0.3, 0.4) is 0 Å². The van der Waals surface area contributed by atoms with Crippen molar-refractivity contribution in [1.29, 1.82) is 0 Å². The molecular weight excluding hydrogens is 346 g/mol. The molecule has 0 spiro atoms. The van der Waals surface area contributed by atoms with Crippen LogP contribution < -0.4 is 11.2 Å². The van der Waals surface area contributed by atoms with Gasteiger partial charge in [0, 0.05) is 33.9 Å². The summed E-state index contributed by atoms with van der Waals surface area (Å²) in [6.45, 7) is 1.01. The third kappa shape index (κ3) is 1.94. The van der Waals surface area contributed by atoms with E-state index in [0.717, 1.165) is 31.9 Å². The van der Waals surface area contributed by atoms with Crippen molar-refractivity contribution in [2.75, 3.05) is 20.6 Å². The first-order chi connectivity index (χ1) is 12.6. The summed E-state index contributed by atoms with van der Waals surface area (Å²) in [6.07, 6.45) is 0. The van der Waals surface area contributed by atoms with Gasteiger partial charge < -0.3 is 4.90 Å². The van der Waals surface area contributed by atoms with Crippen LogP contribution in [0.5, 0.6) is 0 Å². The molecular formula is C20H17N3O2S. The molecule has 0 aliphatic carbocycles. The molecule has 3 aromatic heterocycles. The minimum atomic E-state index is -0.255. The second-order valence-electron chi connectivity index (χ2n) is 6.87. The number of likely N-dealkylation sites (N-methyl/N-ethyl adjacent to an activating group) is 1. The average molecular weight is 363 g/mol. The molecule has 5 aromatic rings. The monoisotopic (exact) mass is 363 g/mol. The Morgan fingerprint density at radius 2 is 1.65 bits per heavy atom. The van der Waals surface area contributed by atoms with Crippen LogP contribution >= 0.6 is 11.3 Å². The van der Waals surface area contributed by atoms with E-state index in [-0.39, 0.29) is 11.2 Å². The summed E-state index contributed by atoms with van der Waals surface area (Å²) in [7, 11) is 3.87. The van der Waals surface area contributed by atoms with Crippen LogP contribution in [-0.2, 0) is 6.54 Å². The Balaban J connectivity index is 2.06. The van der Waals surface area contributed by atoms with Gasteiger partial charge in [-0.1, -0.05) is 18.2 Å². The quantitative estimate of drug-likeness (QED) is 0.495. The largest absolute Gasteiger partial charge is 0.336 e. The fourth-order valence-electron chi connectivity index (χ4n) is 3.81. The lowest BCUT2D eigenvalue weighted by molar-refractivity contribution is 0.376. The maximum atomic E-state index is 13.3. The topological polar surface area (TPSA) is 46.7 Å². The van der Waals surface area contributed by atoms with Crippen molar-refractivity contribution in [3.8, 4) is 0 Å². The summed E-state index contributed by atoms with van der Waals surface area (Å²) in [5, 5.41) is 5.67. The summed E-state index contributed by atoms with van der Waals surface area (Å²) >= 11 is 1.66. The molecule has 0 fully saturated rings. The van der Waals surface area contributed by atoms with E-state index >= 15 is 0 Å². The summed E-state index contributed by atoms with van der Waals surface area (Å²) in [5.41, 5.74) is 1.17. The molecule has 0 atom stereocenters. The maximum Gasteiger partial charge on any atom is 0.336 e. The number of thiophene rings is 1. The highest BCUT2D eigenvalue weighted by Crippen LogP contribution is 2.35. The minimum absolute atomic E-state index is 0.209. The summed E-state index contributed by atoms with van der Waals surface area (Å²) in [6, 6.07) is 11.9. The van der Waals surface area contributed by atoms with Crippen molar-refractivity contribution in [1.82, 2.24) is 13.9 Å². The highest BCUT2D eigenvalue weighted by Gasteiger charge is 2.20. The SMILES string of the molecule is CN(C)CCn1c(=O)c2cccc3c4ccc5sccc5c4n(c1=O)c23. The molecule has 0 N–H and O–H groups in total. The van der Waals surface area contributed by atoms with Crippen molar-refractivity contribution < 1.29 is 0 Å². The number of rotatable bonds is 3. The second-order valence-corrected chi connectivity index (χ2v) is 7.82. The van der Waals surface area contributed by atoms with Gasteiger partial charge in [-0.25, -0.2) is 4.79 Å². The van der Waals surface area contributed by atoms with E-state index in [1.54, 1.807) is 15.7 Å². The van der Waals surface area contributed by atoms with Crippen molar-refractivity contribution in [2.24, 2.45) is 0 Å². The Kier molecular flexibility index (Phi) is 3.23. The van der Waals surface area contributed by atoms with E-state index in [2.05, 4.69) is 18.2 Å². The molecule has 0 unspecified atom stereocenters. The van der Waals surface area contributed by atoms with Crippen LogP contribution in [0.15, 0.2) is 51.4 Å². The standard InChI is InChI=1S/C20H17N3O2S/c1-21(2)9-10-22-19(24)15-5-3-4-12-13-6-7-16-14(8-11-26-16)17(13)23(18(12)15)20(22)25/h3-8,11H,9-10H2,1-2H3. The fraction of sp³-hybridized carbons (Fsp3) is 0.200. The molecule has 5 rings (SSSR count). The maximum absolute atomic E-state index is 13.3. The number of para-hydroxylation sites is 1. The van der Waals surface area contributed by atoms with E-state index in [4.69, 9.17) is 0 Å². The van der Waals surface area contributed by atoms with Gasteiger partial charge in [-0.2, -0.15) is 0 Å². The Hall–Kier alpha value is -2.70. The van der Waals surface area contributed by atoms with Crippen LogP contribution in [0.25, 0.3) is 37.3 Å². The molecule has 0 saturated carbocycles. The number of nitrogens with zero attached hydrogens (tertiary/aromatic N) is 3. The lowest BCUT2D eigenvalue weighted by Gasteiger charge is -2.12. The Labute approximate surface area is 152 Å². The Bertz CT molecular complexity index is 1410. The molecule has 130 valence electrons. The van der Waals surface area contributed by atoms with Crippen molar-refractivity contribution >= 4 is 48.6 Å². The first-order valence-corrected chi connectivity index (χ1v) is 9.40. The molecule has 2 aromatic carbocycles. The predicted molar refractivity (Wildman–Crippen MR) is 108 cm³/mol. The van der Waals surface area contributed by atoms with Crippen LogP contribution in [0, 0.1) is 0 Å². The first kappa shape index (κ1) is 15.5. The molecule has 0 aliphatic heterocycles. The van der Waals surface area contributed by atoms with Crippen molar-refractivity contribution in [3.63, 3.8) is 0 Å². The van der Waals surface area contributed by atoms with Gasteiger partial charge in [-0.3, -0.25) is 13.8 Å². The van der Waals surface area contributed by atoms with Crippen LogP contribution in [0.2, 0.25) is 0 Å². The second kappa shape index (κ2) is 5.40. The van der Waals surface area contributed by atoms with Crippen LogP contribution in [0.4, 0.5) is 0 Å². The minimum Gasteiger partial charge on any atom is -0.308 e. The van der Waals surface area contributed by atoms with Gasteiger partial charge >= 0.3 is 5.69 Å². The lowest BCUT2D eigenvalue weighted by Crippen LogP contribution is -2.39. The zero-order valence-corrected chi connectivity index (χ0v) is 15.3. The Morgan fingerprint density at radius 1 is 0.923 bits per heavy atom. The number of hydrogen-bond donors (Lipinski definition) is 0. The molecule has 0 bridgehead atoms. The van der Waals surface area contributed by atoms with Crippen LogP contribution in [-0.4, -0.2) is 34.5 Å². The average Bonchev–Trinajstić information content (AvgIpc) is 3.22. The van der Waals surface area contributed by atoms with Gasteiger partial charge in [0.1, 0.15) is 0 Å². The number of fused-ring (bicyclic) bond motifs is 5. The zero-order valence-electron chi connectivity index (χ0n) is 14.5. The van der Waals surface area contributed by atoms with E-state index in [0.29, 0.717) is 18.5 Å². The lowest BCUT2D eigenvalue weighted by atomic mass is 10.1. The predicted octanol–water partition coefficient (Wildman–Crippen LogP) is 2.98. The van der Waals surface area contributed by atoms with Gasteiger partial charge in [0.05, 0.1) is 16.4 Å². The van der Waals surface area contributed by atoms with Gasteiger partial charge in [-0.15, -0.1) is 11.3 Å². The molecule has 6 heteroatoms. The zero-order chi connectivity index (χ0) is 18.0. The molecule has 26 heavy (non-hydrogen) atoms.